The van der Waals surface area contributed by atoms with Crippen molar-refractivity contribution in [1.82, 2.24) is 0 Å². The molecule has 0 aliphatic rings. The van der Waals surface area contributed by atoms with E-state index >= 15 is 0 Å². The van der Waals surface area contributed by atoms with Crippen LogP contribution in [0, 0.1) is 0 Å². The van der Waals surface area contributed by atoms with Crippen molar-refractivity contribution in [3.63, 3.8) is 0 Å². The normalized spacial score (nSPS) is 11.8. The van der Waals surface area contributed by atoms with Gasteiger partial charge in [-0.2, -0.15) is 0 Å². The summed E-state index contributed by atoms with van der Waals surface area (Å²) in [5.41, 5.74) is 12.0. The number of fused-ring (bicyclic) bond motifs is 11. The lowest BCUT2D eigenvalue weighted by atomic mass is 9.93. The van der Waals surface area contributed by atoms with Gasteiger partial charge in [0.2, 0.25) is 0 Å². The van der Waals surface area contributed by atoms with Crippen molar-refractivity contribution >= 4 is 103 Å². The summed E-state index contributed by atoms with van der Waals surface area (Å²) in [7, 11) is 0. The average molecular weight is 820 g/mol. The molecule has 13 rings (SSSR count). The van der Waals surface area contributed by atoms with E-state index in [2.05, 4.69) is 229 Å². The minimum Gasteiger partial charge on any atom is -0.455 e. The van der Waals surface area contributed by atoms with Crippen molar-refractivity contribution in [2.75, 3.05) is 4.90 Å². The van der Waals surface area contributed by atoms with Gasteiger partial charge in [-0.25, -0.2) is 0 Å². The molecule has 0 aliphatic heterocycles. The van der Waals surface area contributed by atoms with Gasteiger partial charge in [0.05, 0.1) is 5.69 Å². The van der Waals surface area contributed by atoms with Gasteiger partial charge in [0.15, 0.2) is 0 Å². The van der Waals surface area contributed by atoms with Crippen LogP contribution in [-0.2, 0) is 0 Å². The second kappa shape index (κ2) is 14.3. The molecule has 0 saturated heterocycles. The maximum Gasteiger partial charge on any atom is 0.143 e. The van der Waals surface area contributed by atoms with E-state index < -0.39 is 0 Å². The van der Waals surface area contributed by atoms with Crippen LogP contribution in [0.2, 0.25) is 0 Å². The fourth-order valence-electron chi connectivity index (χ4n) is 9.91. The number of nitrogens with zero attached hydrogens (tertiary/aromatic N) is 1. The van der Waals surface area contributed by atoms with E-state index in [0.29, 0.717) is 0 Å². The summed E-state index contributed by atoms with van der Waals surface area (Å²) < 4.78 is 9.56. The summed E-state index contributed by atoms with van der Waals surface area (Å²) in [4.78, 5) is 2.40. The lowest BCUT2D eigenvalue weighted by molar-refractivity contribution is 0.674. The van der Waals surface area contributed by atoms with Gasteiger partial charge in [-0.3, -0.25) is 0 Å². The van der Waals surface area contributed by atoms with Crippen LogP contribution >= 0.6 is 11.3 Å². The second-order valence-corrected chi connectivity index (χ2v) is 17.4. The van der Waals surface area contributed by atoms with Crippen LogP contribution in [0.15, 0.2) is 229 Å². The molecule has 0 aliphatic carbocycles. The first-order chi connectivity index (χ1) is 31.2. The van der Waals surface area contributed by atoms with E-state index in [1.165, 1.54) is 69.4 Å². The number of benzene rings is 11. The van der Waals surface area contributed by atoms with Crippen LogP contribution in [0.5, 0.6) is 0 Å². The molecular formula is C60H37NOS. The molecule has 0 radical (unpaired) electrons. The summed E-state index contributed by atoms with van der Waals surface area (Å²) >= 11 is 1.87. The van der Waals surface area contributed by atoms with Crippen molar-refractivity contribution < 1.29 is 4.42 Å². The molecule has 0 saturated carbocycles. The number of para-hydroxylation sites is 2. The predicted molar refractivity (Wildman–Crippen MR) is 270 cm³/mol. The summed E-state index contributed by atoms with van der Waals surface area (Å²) in [5, 5.41) is 12.2. The summed E-state index contributed by atoms with van der Waals surface area (Å²) in [5.74, 6) is 0. The number of hydrogen-bond donors (Lipinski definition) is 0. The molecule has 11 aromatic carbocycles. The van der Waals surface area contributed by atoms with Crippen LogP contribution in [0.4, 0.5) is 17.1 Å². The number of anilines is 3. The van der Waals surface area contributed by atoms with Gasteiger partial charge in [0.1, 0.15) is 11.2 Å². The van der Waals surface area contributed by atoms with Gasteiger partial charge in [-0.05, 0) is 97.7 Å². The highest BCUT2D eigenvalue weighted by molar-refractivity contribution is 7.26. The molecule has 0 atom stereocenters. The second-order valence-electron chi connectivity index (χ2n) is 16.4. The highest BCUT2D eigenvalue weighted by Gasteiger charge is 2.22. The smallest absolute Gasteiger partial charge is 0.143 e. The third kappa shape index (κ3) is 5.71. The summed E-state index contributed by atoms with van der Waals surface area (Å²) in [6.45, 7) is 0. The minimum atomic E-state index is 0.890. The first kappa shape index (κ1) is 35.7. The van der Waals surface area contributed by atoms with Crippen LogP contribution in [0.25, 0.3) is 108 Å². The molecule has 0 bridgehead atoms. The zero-order valence-electron chi connectivity index (χ0n) is 34.1. The molecule has 13 aromatic rings. The fourth-order valence-corrected chi connectivity index (χ4v) is 11.1. The first-order valence-corrected chi connectivity index (χ1v) is 22.3. The van der Waals surface area contributed by atoms with Crippen molar-refractivity contribution in [2.45, 2.75) is 0 Å². The van der Waals surface area contributed by atoms with Crippen LogP contribution in [-0.4, -0.2) is 0 Å². The molecule has 0 unspecified atom stereocenters. The monoisotopic (exact) mass is 819 g/mol. The molecule has 2 nitrogen and oxygen atoms in total. The molecular weight excluding hydrogens is 783 g/mol. The van der Waals surface area contributed by atoms with E-state index in [4.69, 9.17) is 4.42 Å². The zero-order chi connectivity index (χ0) is 41.4. The standard InChI is InChI=1S/C60H37NOS/c1-4-16-45-38(13-1)31-36-53-52-23-12-22-51(59(52)62-58(45)53)49-19-7-9-25-56(49)61(42-32-27-39(28-33-42)46-21-11-24-54-50-20-8-10-26-57(50)63-60(46)54)43-34-29-40(30-35-43)55-37-41-14-2-3-15-44(41)47-17-5-6-18-48(47)55/h1-37H. The third-order valence-electron chi connectivity index (χ3n) is 12.9. The lowest BCUT2D eigenvalue weighted by Gasteiger charge is -2.28. The minimum absolute atomic E-state index is 0.890. The Morgan fingerprint density at radius 1 is 0.317 bits per heavy atom. The number of thiophene rings is 1. The molecule has 0 N–H and O–H groups in total. The fraction of sp³-hybridized carbons (Fsp3) is 0. The van der Waals surface area contributed by atoms with Gasteiger partial charge in [0.25, 0.3) is 0 Å². The summed E-state index contributed by atoms with van der Waals surface area (Å²) in [6.07, 6.45) is 0. The van der Waals surface area contributed by atoms with E-state index in [0.717, 1.165) is 55.5 Å². The van der Waals surface area contributed by atoms with Crippen LogP contribution < -0.4 is 4.90 Å². The van der Waals surface area contributed by atoms with E-state index in [-0.39, 0.29) is 0 Å². The maximum absolute atomic E-state index is 6.93. The Hall–Kier alpha value is -7.98. The summed E-state index contributed by atoms with van der Waals surface area (Å²) in [6, 6.07) is 81.6. The highest BCUT2D eigenvalue weighted by Crippen LogP contribution is 2.47. The molecule has 0 amide bonds. The molecule has 2 heterocycles. The topological polar surface area (TPSA) is 16.4 Å². The van der Waals surface area contributed by atoms with Crippen molar-refractivity contribution in [2.24, 2.45) is 0 Å². The van der Waals surface area contributed by atoms with Crippen molar-refractivity contribution in [3.05, 3.63) is 224 Å². The Bertz CT molecular complexity index is 3910. The van der Waals surface area contributed by atoms with Crippen molar-refractivity contribution in [3.8, 4) is 33.4 Å². The molecule has 0 fully saturated rings. The van der Waals surface area contributed by atoms with Crippen molar-refractivity contribution in [1.29, 1.82) is 0 Å². The Morgan fingerprint density at radius 2 is 0.873 bits per heavy atom. The van der Waals surface area contributed by atoms with E-state index in [1.54, 1.807) is 0 Å². The van der Waals surface area contributed by atoms with Gasteiger partial charge < -0.3 is 9.32 Å². The molecule has 294 valence electrons. The quantitative estimate of drug-likeness (QED) is 0.155. The first-order valence-electron chi connectivity index (χ1n) is 21.5. The number of rotatable bonds is 6. The largest absolute Gasteiger partial charge is 0.455 e. The SMILES string of the molecule is c1ccc(N(c2ccc(-c3cc4ccccc4c4ccccc34)cc2)c2ccc(-c3cccc4c3sc3ccccc34)cc2)c(-c2cccc3c2oc2c4ccccc4ccc32)c1. The Kier molecular flexibility index (Phi) is 8.12. The Morgan fingerprint density at radius 3 is 1.67 bits per heavy atom. The van der Waals surface area contributed by atoms with Gasteiger partial charge in [-0.15, -0.1) is 11.3 Å². The molecule has 2 aromatic heterocycles. The molecule has 3 heteroatoms. The van der Waals surface area contributed by atoms with Crippen LogP contribution in [0.3, 0.4) is 0 Å². The maximum atomic E-state index is 6.93. The van der Waals surface area contributed by atoms with Gasteiger partial charge in [0, 0.05) is 58.8 Å². The molecule has 63 heavy (non-hydrogen) atoms. The Labute approximate surface area is 368 Å². The third-order valence-corrected chi connectivity index (χ3v) is 14.1. The van der Waals surface area contributed by atoms with Gasteiger partial charge in [-0.1, -0.05) is 176 Å². The number of furan rings is 1. The average Bonchev–Trinajstić information content (AvgIpc) is 3.94. The number of hydrogen-bond acceptors (Lipinski definition) is 3. The van der Waals surface area contributed by atoms with E-state index in [1.807, 2.05) is 11.3 Å². The Balaban J connectivity index is 0.988. The zero-order valence-corrected chi connectivity index (χ0v) is 34.9. The lowest BCUT2D eigenvalue weighted by Crippen LogP contribution is -2.11. The van der Waals surface area contributed by atoms with Gasteiger partial charge >= 0.3 is 0 Å². The van der Waals surface area contributed by atoms with E-state index in [9.17, 15) is 0 Å². The highest BCUT2D eigenvalue weighted by atomic mass is 32.1. The van der Waals surface area contributed by atoms with Crippen LogP contribution in [0.1, 0.15) is 0 Å². The molecule has 0 spiro atoms. The predicted octanol–water partition coefficient (Wildman–Crippen LogP) is 17.9.